The van der Waals surface area contributed by atoms with Crippen LogP contribution >= 0.6 is 11.6 Å². The van der Waals surface area contributed by atoms with Crippen LogP contribution in [0, 0.1) is 0 Å². The van der Waals surface area contributed by atoms with Crippen LogP contribution in [0.4, 0.5) is 0 Å². The van der Waals surface area contributed by atoms with Gasteiger partial charge in [0.15, 0.2) is 0 Å². The van der Waals surface area contributed by atoms with Gasteiger partial charge in [-0.1, -0.05) is 11.6 Å². The summed E-state index contributed by atoms with van der Waals surface area (Å²) in [6, 6.07) is 1.37. The van der Waals surface area contributed by atoms with E-state index >= 15 is 0 Å². The molecule has 0 saturated carbocycles. The predicted octanol–water partition coefficient (Wildman–Crippen LogP) is 1.45. The molecule has 1 heterocycles. The quantitative estimate of drug-likeness (QED) is 0.450. The monoisotopic (exact) mass is 287 g/mol. The second-order valence-corrected chi connectivity index (χ2v) is 4.06. The fourth-order valence-electron chi connectivity index (χ4n) is 1.44. The van der Waals surface area contributed by atoms with Crippen LogP contribution < -0.4 is 0 Å². The Bertz CT molecular complexity index is 494. The topological polar surface area (TPSA) is 74.6 Å². The molecule has 6 nitrogen and oxygen atoms in total. The van der Waals surface area contributed by atoms with Crippen molar-refractivity contribution in [2.75, 3.05) is 13.2 Å². The summed E-state index contributed by atoms with van der Waals surface area (Å²) in [6.45, 7) is 3.33. The van der Waals surface area contributed by atoms with Crippen LogP contribution in [0.2, 0.25) is 5.02 Å². The number of Topliss-reactive ketones (excluding diaryl/α,β-unsaturated/α-hetero) is 1. The largest absolute Gasteiger partial charge is 0.464 e. The molecule has 0 radical (unpaired) electrons. The smallest absolute Gasteiger partial charge is 0.381 e. The number of carbonyl (C=O) groups excluding carboxylic acids is 3. The number of halogens is 1. The van der Waals surface area contributed by atoms with Crippen molar-refractivity contribution in [1.82, 2.24) is 4.57 Å². The molecule has 0 bridgehead atoms. The fraction of sp³-hybridized carbons (Fsp3) is 0.417. The maximum Gasteiger partial charge on any atom is 0.381 e. The van der Waals surface area contributed by atoms with Gasteiger partial charge >= 0.3 is 11.9 Å². The lowest BCUT2D eigenvalue weighted by molar-refractivity contribution is -0.141. The first-order valence-electron chi connectivity index (χ1n) is 5.66. The fourth-order valence-corrected chi connectivity index (χ4v) is 1.66. The van der Waals surface area contributed by atoms with Crippen LogP contribution in [0.5, 0.6) is 0 Å². The van der Waals surface area contributed by atoms with E-state index in [4.69, 9.17) is 16.3 Å². The molecule has 19 heavy (non-hydrogen) atoms. The van der Waals surface area contributed by atoms with Gasteiger partial charge in [-0.2, -0.15) is 0 Å². The molecule has 1 rings (SSSR count). The summed E-state index contributed by atoms with van der Waals surface area (Å²) in [4.78, 5) is 33.8. The zero-order valence-corrected chi connectivity index (χ0v) is 11.4. The highest BCUT2D eigenvalue weighted by atomic mass is 35.5. The zero-order valence-electron chi connectivity index (χ0n) is 10.6. The van der Waals surface area contributed by atoms with E-state index in [2.05, 4.69) is 4.74 Å². The Morgan fingerprint density at radius 2 is 2.00 bits per heavy atom. The highest BCUT2D eigenvalue weighted by Crippen LogP contribution is 2.15. The Morgan fingerprint density at radius 3 is 2.58 bits per heavy atom. The Hall–Kier alpha value is -1.82. The van der Waals surface area contributed by atoms with Crippen molar-refractivity contribution < 1.29 is 23.9 Å². The standard InChI is InChI=1S/C12H14ClNO5/c1-3-18-12(17)11(16)10-6-9(13)7-14(10)4-5-19-8(2)15/h6-7H,3-5H2,1-2H3. The van der Waals surface area contributed by atoms with Crippen molar-refractivity contribution in [3.05, 3.63) is 23.0 Å². The molecule has 0 fully saturated rings. The minimum atomic E-state index is -0.939. The van der Waals surface area contributed by atoms with E-state index in [1.54, 1.807) is 6.92 Å². The molecule has 0 saturated heterocycles. The minimum absolute atomic E-state index is 0.0868. The van der Waals surface area contributed by atoms with Crippen LogP contribution in [-0.4, -0.2) is 35.5 Å². The molecular weight excluding hydrogens is 274 g/mol. The second-order valence-electron chi connectivity index (χ2n) is 3.63. The van der Waals surface area contributed by atoms with Crippen molar-refractivity contribution in [3.8, 4) is 0 Å². The van der Waals surface area contributed by atoms with Gasteiger partial charge in [0.1, 0.15) is 6.61 Å². The number of ether oxygens (including phenoxy) is 2. The SMILES string of the molecule is CCOC(=O)C(=O)c1cc(Cl)cn1CCOC(C)=O. The number of hydrogen-bond donors (Lipinski definition) is 0. The Labute approximate surface area is 115 Å². The molecule has 0 N–H and O–H groups in total. The summed E-state index contributed by atoms with van der Waals surface area (Å²) >= 11 is 5.80. The van der Waals surface area contributed by atoms with E-state index in [1.165, 1.54) is 23.8 Å². The molecule has 7 heteroatoms. The maximum absolute atomic E-state index is 11.8. The number of rotatable bonds is 6. The number of esters is 2. The molecule has 0 amide bonds. The molecule has 0 aliphatic rings. The van der Waals surface area contributed by atoms with Gasteiger partial charge in [-0.25, -0.2) is 4.79 Å². The van der Waals surface area contributed by atoms with Gasteiger partial charge in [0.05, 0.1) is 23.9 Å². The average Bonchev–Trinajstić information content (AvgIpc) is 2.69. The van der Waals surface area contributed by atoms with E-state index in [9.17, 15) is 14.4 Å². The third-order valence-corrected chi connectivity index (χ3v) is 2.40. The molecule has 104 valence electrons. The van der Waals surface area contributed by atoms with Crippen molar-refractivity contribution in [2.24, 2.45) is 0 Å². The third-order valence-electron chi connectivity index (χ3n) is 2.19. The van der Waals surface area contributed by atoms with Crippen molar-refractivity contribution in [1.29, 1.82) is 0 Å². The van der Waals surface area contributed by atoms with E-state index in [1.807, 2.05) is 0 Å². The molecule has 1 aromatic rings. The summed E-state index contributed by atoms with van der Waals surface area (Å²) in [6.07, 6.45) is 1.48. The first-order valence-corrected chi connectivity index (χ1v) is 6.04. The number of nitrogens with zero attached hydrogens (tertiary/aromatic N) is 1. The molecule has 0 unspecified atom stereocenters. The van der Waals surface area contributed by atoms with Crippen LogP contribution in [0.1, 0.15) is 24.3 Å². The van der Waals surface area contributed by atoms with Crippen LogP contribution in [0.25, 0.3) is 0 Å². The van der Waals surface area contributed by atoms with E-state index < -0.39 is 17.7 Å². The molecule has 0 aliphatic carbocycles. The molecule has 1 aromatic heterocycles. The summed E-state index contributed by atoms with van der Waals surface area (Å²) in [5.74, 6) is -2.14. The third kappa shape index (κ3) is 4.40. The molecule has 0 aliphatic heterocycles. The van der Waals surface area contributed by atoms with Gasteiger partial charge in [-0.05, 0) is 13.0 Å². The van der Waals surface area contributed by atoms with Gasteiger partial charge in [-0.3, -0.25) is 9.59 Å². The molecule has 0 aromatic carbocycles. The van der Waals surface area contributed by atoms with Crippen molar-refractivity contribution in [3.63, 3.8) is 0 Å². The van der Waals surface area contributed by atoms with Gasteiger partial charge in [0, 0.05) is 13.1 Å². The lowest BCUT2D eigenvalue weighted by Gasteiger charge is -2.07. The predicted molar refractivity (Wildman–Crippen MR) is 67.0 cm³/mol. The number of hydrogen-bond acceptors (Lipinski definition) is 5. The van der Waals surface area contributed by atoms with E-state index in [0.717, 1.165) is 0 Å². The highest BCUT2D eigenvalue weighted by Gasteiger charge is 2.22. The number of aromatic nitrogens is 1. The summed E-state index contributed by atoms with van der Waals surface area (Å²) in [7, 11) is 0. The summed E-state index contributed by atoms with van der Waals surface area (Å²) in [5, 5.41) is 0.315. The van der Waals surface area contributed by atoms with Gasteiger partial charge in [0.2, 0.25) is 0 Å². The first kappa shape index (κ1) is 15.2. The van der Waals surface area contributed by atoms with Crippen molar-refractivity contribution in [2.45, 2.75) is 20.4 Å². The number of carbonyl (C=O) groups is 3. The number of ketones is 1. The Kier molecular flexibility index (Phi) is 5.57. The summed E-state index contributed by atoms with van der Waals surface area (Å²) < 4.78 is 10.9. The maximum atomic E-state index is 11.8. The highest BCUT2D eigenvalue weighted by molar-refractivity contribution is 6.41. The van der Waals surface area contributed by atoms with Crippen LogP contribution in [0.15, 0.2) is 12.3 Å². The van der Waals surface area contributed by atoms with Gasteiger partial charge < -0.3 is 14.0 Å². The van der Waals surface area contributed by atoms with E-state index in [-0.39, 0.29) is 25.5 Å². The zero-order chi connectivity index (χ0) is 14.4. The molecular formula is C12H14ClNO5. The summed E-state index contributed by atoms with van der Waals surface area (Å²) in [5.41, 5.74) is 0.107. The van der Waals surface area contributed by atoms with E-state index in [0.29, 0.717) is 5.02 Å². The lowest BCUT2D eigenvalue weighted by atomic mass is 10.3. The van der Waals surface area contributed by atoms with Crippen molar-refractivity contribution >= 4 is 29.3 Å². The molecule has 0 spiro atoms. The van der Waals surface area contributed by atoms with Gasteiger partial charge in [-0.15, -0.1) is 0 Å². The Balaban J connectivity index is 2.80. The van der Waals surface area contributed by atoms with Gasteiger partial charge in [0.25, 0.3) is 5.78 Å². The van der Waals surface area contributed by atoms with Crippen LogP contribution in [0.3, 0.4) is 0 Å². The average molecular weight is 288 g/mol. The molecule has 0 atom stereocenters. The second kappa shape index (κ2) is 6.94. The first-order chi connectivity index (χ1) is 8.95. The normalized spacial score (nSPS) is 10.1. The Morgan fingerprint density at radius 1 is 1.32 bits per heavy atom. The minimum Gasteiger partial charge on any atom is -0.464 e. The van der Waals surface area contributed by atoms with Crippen LogP contribution in [-0.2, 0) is 25.6 Å². The lowest BCUT2D eigenvalue weighted by Crippen LogP contribution is -2.21.